The Morgan fingerprint density at radius 2 is 2.32 bits per heavy atom. The fourth-order valence-corrected chi connectivity index (χ4v) is 2.67. The monoisotopic (exact) mass is 276 g/mol. The van der Waals surface area contributed by atoms with Gasteiger partial charge >= 0.3 is 0 Å². The first-order valence-electron chi connectivity index (χ1n) is 6.02. The van der Waals surface area contributed by atoms with Gasteiger partial charge in [-0.1, -0.05) is 11.6 Å². The van der Waals surface area contributed by atoms with E-state index >= 15 is 0 Å². The molecule has 1 unspecified atom stereocenters. The van der Waals surface area contributed by atoms with Crippen LogP contribution in [0.15, 0.2) is 34.9 Å². The van der Waals surface area contributed by atoms with Gasteiger partial charge in [0.05, 0.1) is 18.7 Å². The van der Waals surface area contributed by atoms with Crippen LogP contribution in [0.4, 0.5) is 5.69 Å². The van der Waals surface area contributed by atoms with Gasteiger partial charge in [0.2, 0.25) is 5.91 Å². The molecule has 3 rings (SSSR count). The largest absolute Gasteiger partial charge is 0.467 e. The minimum atomic E-state index is -0.122. The molecule has 1 aromatic carbocycles. The van der Waals surface area contributed by atoms with Gasteiger partial charge in [-0.2, -0.15) is 0 Å². The third kappa shape index (κ3) is 2.13. The molecule has 0 aliphatic carbocycles. The van der Waals surface area contributed by atoms with E-state index in [1.807, 2.05) is 25.2 Å². The molecule has 2 N–H and O–H groups in total. The zero-order chi connectivity index (χ0) is 13.4. The van der Waals surface area contributed by atoms with Crippen LogP contribution in [-0.4, -0.2) is 13.0 Å². The number of carbonyl (C=O) groups is 1. The Morgan fingerprint density at radius 3 is 3.00 bits per heavy atom. The lowest BCUT2D eigenvalue weighted by molar-refractivity contribution is -0.115. The van der Waals surface area contributed by atoms with Gasteiger partial charge in [0.1, 0.15) is 5.76 Å². The molecule has 1 atom stereocenters. The van der Waals surface area contributed by atoms with Crippen molar-refractivity contribution in [3.8, 4) is 0 Å². The Kier molecular flexibility index (Phi) is 3.05. The average Bonchev–Trinajstić information content (AvgIpc) is 2.99. The molecular formula is C14H13ClN2O2. The Hall–Kier alpha value is -1.78. The molecule has 1 aliphatic heterocycles. The van der Waals surface area contributed by atoms with Crippen molar-refractivity contribution in [2.75, 3.05) is 12.4 Å². The van der Waals surface area contributed by atoms with E-state index in [1.165, 1.54) is 0 Å². The number of nitrogens with one attached hydrogen (secondary N) is 2. The molecule has 0 fully saturated rings. The quantitative estimate of drug-likeness (QED) is 0.906. The zero-order valence-corrected chi connectivity index (χ0v) is 11.1. The summed E-state index contributed by atoms with van der Waals surface area (Å²) in [6.07, 6.45) is 2.03. The zero-order valence-electron chi connectivity index (χ0n) is 10.4. The summed E-state index contributed by atoms with van der Waals surface area (Å²) in [5.74, 6) is 0.795. The molecule has 4 nitrogen and oxygen atoms in total. The van der Waals surface area contributed by atoms with Gasteiger partial charge in [0, 0.05) is 10.7 Å². The van der Waals surface area contributed by atoms with Crippen molar-refractivity contribution in [2.45, 2.75) is 12.5 Å². The number of amides is 1. The topological polar surface area (TPSA) is 54.3 Å². The summed E-state index contributed by atoms with van der Waals surface area (Å²) in [6, 6.07) is 7.37. The molecule has 2 heterocycles. The first-order chi connectivity index (χ1) is 9.19. The van der Waals surface area contributed by atoms with Crippen LogP contribution in [0.1, 0.15) is 22.9 Å². The summed E-state index contributed by atoms with van der Waals surface area (Å²) in [5.41, 5.74) is 2.68. The van der Waals surface area contributed by atoms with E-state index in [2.05, 4.69) is 10.6 Å². The molecule has 0 spiro atoms. The van der Waals surface area contributed by atoms with Gasteiger partial charge in [-0.25, -0.2) is 0 Å². The predicted octanol–water partition coefficient (Wildman–Crippen LogP) is 2.74. The molecule has 1 aliphatic rings. The molecule has 0 radical (unpaired) electrons. The van der Waals surface area contributed by atoms with Crippen LogP contribution in [0.3, 0.4) is 0 Å². The molecule has 19 heavy (non-hydrogen) atoms. The van der Waals surface area contributed by atoms with E-state index in [0.717, 1.165) is 22.6 Å². The van der Waals surface area contributed by atoms with Crippen molar-refractivity contribution in [3.63, 3.8) is 0 Å². The minimum absolute atomic E-state index is 0.00206. The second-order valence-electron chi connectivity index (χ2n) is 4.49. The van der Waals surface area contributed by atoms with E-state index in [1.54, 1.807) is 12.3 Å². The number of halogens is 1. The number of carbonyl (C=O) groups excluding carboxylic acids is 1. The maximum atomic E-state index is 11.4. The van der Waals surface area contributed by atoms with Gasteiger partial charge in [-0.3, -0.25) is 4.79 Å². The molecule has 2 aromatic rings. The van der Waals surface area contributed by atoms with Crippen molar-refractivity contribution < 1.29 is 9.21 Å². The summed E-state index contributed by atoms with van der Waals surface area (Å²) in [5, 5.41) is 6.58. The predicted molar refractivity (Wildman–Crippen MR) is 73.4 cm³/mol. The van der Waals surface area contributed by atoms with Crippen molar-refractivity contribution in [2.24, 2.45) is 0 Å². The number of rotatable bonds is 3. The van der Waals surface area contributed by atoms with E-state index in [0.29, 0.717) is 11.4 Å². The Bertz CT molecular complexity index is 623. The number of hydrogen-bond acceptors (Lipinski definition) is 3. The maximum absolute atomic E-state index is 11.4. The summed E-state index contributed by atoms with van der Waals surface area (Å²) in [7, 11) is 1.85. The second-order valence-corrected chi connectivity index (χ2v) is 4.90. The van der Waals surface area contributed by atoms with Gasteiger partial charge in [-0.05, 0) is 42.4 Å². The highest BCUT2D eigenvalue weighted by Crippen LogP contribution is 2.35. The Labute approximate surface area is 115 Å². The molecule has 5 heteroatoms. The third-order valence-corrected chi connectivity index (χ3v) is 3.60. The number of hydrogen-bond donors (Lipinski definition) is 2. The highest BCUT2D eigenvalue weighted by atomic mass is 35.5. The fourth-order valence-electron chi connectivity index (χ4n) is 2.39. The van der Waals surface area contributed by atoms with Gasteiger partial charge in [-0.15, -0.1) is 0 Å². The van der Waals surface area contributed by atoms with E-state index in [-0.39, 0.29) is 11.9 Å². The molecule has 0 bridgehead atoms. The fraction of sp³-hybridized carbons (Fsp3) is 0.214. The lowest BCUT2D eigenvalue weighted by Crippen LogP contribution is -2.17. The van der Waals surface area contributed by atoms with E-state index < -0.39 is 0 Å². The third-order valence-electron chi connectivity index (χ3n) is 3.27. The highest BCUT2D eigenvalue weighted by Gasteiger charge is 2.24. The van der Waals surface area contributed by atoms with E-state index in [4.69, 9.17) is 16.0 Å². The molecule has 1 aromatic heterocycles. The normalized spacial score (nSPS) is 15.2. The minimum Gasteiger partial charge on any atom is -0.467 e. The van der Waals surface area contributed by atoms with Crippen molar-refractivity contribution in [1.29, 1.82) is 0 Å². The number of anilines is 1. The number of fused-ring (bicyclic) bond motifs is 1. The van der Waals surface area contributed by atoms with Gasteiger partial charge < -0.3 is 15.1 Å². The van der Waals surface area contributed by atoms with E-state index in [9.17, 15) is 4.79 Å². The lowest BCUT2D eigenvalue weighted by Gasteiger charge is -2.17. The SMILES string of the molecule is CNC(c1ccco1)c1cc2c(cc1Cl)NC(=O)C2. The summed E-state index contributed by atoms with van der Waals surface area (Å²) in [4.78, 5) is 11.4. The average molecular weight is 277 g/mol. The molecule has 1 amide bonds. The van der Waals surface area contributed by atoms with Gasteiger partial charge in [0.15, 0.2) is 0 Å². The van der Waals surface area contributed by atoms with Crippen molar-refractivity contribution in [3.05, 3.63) is 52.4 Å². The van der Waals surface area contributed by atoms with Crippen LogP contribution < -0.4 is 10.6 Å². The lowest BCUT2D eigenvalue weighted by atomic mass is 10.0. The summed E-state index contributed by atoms with van der Waals surface area (Å²) < 4.78 is 5.43. The van der Waals surface area contributed by atoms with Crippen LogP contribution in [0.2, 0.25) is 5.02 Å². The van der Waals surface area contributed by atoms with Crippen LogP contribution in [0.25, 0.3) is 0 Å². The Morgan fingerprint density at radius 1 is 1.47 bits per heavy atom. The Balaban J connectivity index is 2.05. The second kappa shape index (κ2) is 4.72. The molecule has 0 saturated carbocycles. The summed E-state index contributed by atoms with van der Waals surface area (Å²) >= 11 is 6.31. The van der Waals surface area contributed by atoms with Gasteiger partial charge in [0.25, 0.3) is 0 Å². The maximum Gasteiger partial charge on any atom is 0.228 e. The standard InChI is InChI=1S/C14H13ClN2O2/c1-16-14(12-3-2-4-19-12)9-5-8-6-13(18)17-11(8)7-10(9)15/h2-5,7,14,16H,6H2,1H3,(H,17,18). The van der Waals surface area contributed by atoms with Crippen molar-refractivity contribution in [1.82, 2.24) is 5.32 Å². The molecular weight excluding hydrogens is 264 g/mol. The summed E-state index contributed by atoms with van der Waals surface area (Å²) in [6.45, 7) is 0. The van der Waals surface area contributed by atoms with Crippen LogP contribution >= 0.6 is 11.6 Å². The van der Waals surface area contributed by atoms with Crippen LogP contribution in [-0.2, 0) is 11.2 Å². The number of benzene rings is 1. The van der Waals surface area contributed by atoms with Crippen molar-refractivity contribution >= 4 is 23.2 Å². The number of furan rings is 1. The van der Waals surface area contributed by atoms with Crippen LogP contribution in [0.5, 0.6) is 0 Å². The first-order valence-corrected chi connectivity index (χ1v) is 6.39. The first kappa shape index (κ1) is 12.3. The molecule has 98 valence electrons. The highest BCUT2D eigenvalue weighted by molar-refractivity contribution is 6.32. The van der Waals surface area contributed by atoms with Crippen LogP contribution in [0, 0.1) is 0 Å². The smallest absolute Gasteiger partial charge is 0.228 e. The molecule has 0 saturated heterocycles.